The van der Waals surface area contributed by atoms with Crippen molar-refractivity contribution in [3.63, 3.8) is 0 Å². The molecule has 2 saturated carbocycles. The molecule has 2 atom stereocenters. The van der Waals surface area contributed by atoms with E-state index in [1.807, 2.05) is 54.9 Å². The summed E-state index contributed by atoms with van der Waals surface area (Å²) < 4.78 is 3.70. The third-order valence-electron chi connectivity index (χ3n) is 8.46. The third-order valence-corrected chi connectivity index (χ3v) is 8.46. The van der Waals surface area contributed by atoms with Gasteiger partial charge < -0.3 is 20.5 Å². The van der Waals surface area contributed by atoms with E-state index in [9.17, 15) is 15.0 Å². The number of hydrogen-bond acceptors (Lipinski definition) is 6. The van der Waals surface area contributed by atoms with Crippen molar-refractivity contribution in [3.05, 3.63) is 59.0 Å². The number of imidazole rings is 1. The lowest BCUT2D eigenvalue weighted by Crippen LogP contribution is -2.46. The van der Waals surface area contributed by atoms with Crippen molar-refractivity contribution in [3.8, 4) is 11.3 Å². The van der Waals surface area contributed by atoms with E-state index in [-0.39, 0.29) is 11.5 Å². The molecule has 3 aromatic heterocycles. The Morgan fingerprint density at radius 3 is 2.69 bits per heavy atom. The number of aliphatic hydroxyl groups excluding tert-OH is 1. The lowest BCUT2D eigenvalue weighted by molar-refractivity contribution is -0.0335. The maximum atomic E-state index is 13.8. The molecule has 188 valence electrons. The molecule has 0 radical (unpaired) electrons. The Morgan fingerprint density at radius 2 is 1.92 bits per heavy atom. The van der Waals surface area contributed by atoms with Crippen molar-refractivity contribution in [2.24, 2.45) is 0 Å². The van der Waals surface area contributed by atoms with Gasteiger partial charge >= 0.3 is 0 Å². The Kier molecular flexibility index (Phi) is 5.25. The monoisotopic (exact) mass is 487 g/mol. The van der Waals surface area contributed by atoms with E-state index in [2.05, 4.69) is 4.98 Å². The molecular weight excluding hydrogens is 454 g/mol. The molecule has 0 unspecified atom stereocenters. The summed E-state index contributed by atoms with van der Waals surface area (Å²) >= 11 is 0. The highest BCUT2D eigenvalue weighted by atomic mass is 16.3. The van der Waals surface area contributed by atoms with Gasteiger partial charge in [0.2, 0.25) is 0 Å². The van der Waals surface area contributed by atoms with E-state index in [0.29, 0.717) is 41.7 Å². The molecule has 36 heavy (non-hydrogen) atoms. The Bertz CT molecular complexity index is 1530. The molecule has 0 saturated heterocycles. The summed E-state index contributed by atoms with van der Waals surface area (Å²) in [7, 11) is 0. The van der Waals surface area contributed by atoms with Crippen molar-refractivity contribution in [1.29, 1.82) is 0 Å². The van der Waals surface area contributed by atoms with Crippen LogP contribution in [-0.2, 0) is 5.54 Å². The van der Waals surface area contributed by atoms with Gasteiger partial charge in [0.05, 0.1) is 17.2 Å². The van der Waals surface area contributed by atoms with Crippen LogP contribution in [0, 0.1) is 0 Å². The Hall–Kier alpha value is -3.23. The fraction of sp³-hybridized carbons (Fsp3) is 0.464. The maximum Gasteiger partial charge on any atom is 0.259 e. The summed E-state index contributed by atoms with van der Waals surface area (Å²) in [4.78, 5) is 23.1. The number of pyridine rings is 1. The molecule has 4 N–H and O–H groups in total. The third kappa shape index (κ3) is 3.54. The molecule has 2 aliphatic rings. The van der Waals surface area contributed by atoms with Crippen molar-refractivity contribution < 1.29 is 10.2 Å². The van der Waals surface area contributed by atoms with Crippen molar-refractivity contribution in [2.45, 2.75) is 82.0 Å². The Labute approximate surface area is 209 Å². The summed E-state index contributed by atoms with van der Waals surface area (Å²) in [5.41, 5.74) is 7.07. The fourth-order valence-corrected chi connectivity index (χ4v) is 6.31. The number of hydrogen-bond donors (Lipinski definition) is 3. The first kappa shape index (κ1) is 23.2. The van der Waals surface area contributed by atoms with Gasteiger partial charge in [-0.2, -0.15) is 0 Å². The second-order valence-electron chi connectivity index (χ2n) is 11.2. The number of nitrogen functional groups attached to an aromatic ring is 1. The highest BCUT2D eigenvalue weighted by molar-refractivity contribution is 5.91. The lowest BCUT2D eigenvalue weighted by Gasteiger charge is -2.40. The van der Waals surface area contributed by atoms with Crippen LogP contribution in [0.5, 0.6) is 0 Å². The van der Waals surface area contributed by atoms with Crippen molar-refractivity contribution in [1.82, 2.24) is 18.9 Å². The van der Waals surface area contributed by atoms with E-state index < -0.39 is 17.2 Å². The fourth-order valence-electron chi connectivity index (χ4n) is 6.31. The van der Waals surface area contributed by atoms with Crippen molar-refractivity contribution >= 4 is 22.1 Å². The van der Waals surface area contributed by atoms with Crippen LogP contribution in [0.2, 0.25) is 0 Å². The molecular formula is C28H33N5O3. The number of benzene rings is 1. The highest BCUT2D eigenvalue weighted by Gasteiger charge is 2.42. The first-order chi connectivity index (χ1) is 17.2. The zero-order valence-electron chi connectivity index (χ0n) is 20.8. The van der Waals surface area contributed by atoms with Crippen LogP contribution in [0.3, 0.4) is 0 Å². The standard InChI is InChI=1S/C28H33N5O3/c1-27(36)15-19(16-27)25-31-22(23-24(29)30-11-13-32(23)25)18-8-7-17-9-12-33(26(35)20(17)14-18)28(2)10-5-3-4-6-21(28)34/h7-9,11-14,19,21,34,36H,3-6,10,15-16H2,1-2H3,(H2,29,30)/t19?,21-,27?,28+/m1/s1. The molecule has 8 nitrogen and oxygen atoms in total. The number of aromatic nitrogens is 4. The first-order valence-electron chi connectivity index (χ1n) is 12.9. The summed E-state index contributed by atoms with van der Waals surface area (Å²) in [5, 5.41) is 22.7. The number of fused-ring (bicyclic) bond motifs is 2. The molecule has 0 amide bonds. The van der Waals surface area contributed by atoms with Gasteiger partial charge in [-0.05, 0) is 57.0 Å². The van der Waals surface area contributed by atoms with Crippen LogP contribution < -0.4 is 11.3 Å². The summed E-state index contributed by atoms with van der Waals surface area (Å²) in [5.74, 6) is 1.34. The van der Waals surface area contributed by atoms with Gasteiger partial charge in [-0.25, -0.2) is 9.97 Å². The van der Waals surface area contributed by atoms with Gasteiger partial charge in [0.25, 0.3) is 5.56 Å². The Morgan fingerprint density at radius 1 is 1.11 bits per heavy atom. The smallest absolute Gasteiger partial charge is 0.259 e. The van der Waals surface area contributed by atoms with E-state index in [1.165, 1.54) is 0 Å². The molecule has 2 aliphatic carbocycles. The minimum Gasteiger partial charge on any atom is -0.391 e. The summed E-state index contributed by atoms with van der Waals surface area (Å²) in [6.07, 6.45) is 10.5. The topological polar surface area (TPSA) is 119 Å². The molecule has 0 bridgehead atoms. The van der Waals surface area contributed by atoms with E-state index in [1.54, 1.807) is 10.8 Å². The van der Waals surface area contributed by atoms with E-state index in [0.717, 1.165) is 42.5 Å². The molecule has 3 heterocycles. The second kappa shape index (κ2) is 8.15. The van der Waals surface area contributed by atoms with Crippen LogP contribution in [-0.4, -0.2) is 40.9 Å². The van der Waals surface area contributed by atoms with Gasteiger partial charge in [-0.3, -0.25) is 9.20 Å². The molecule has 0 aliphatic heterocycles. The zero-order valence-corrected chi connectivity index (χ0v) is 20.8. The molecule has 4 aromatic rings. The highest BCUT2D eigenvalue weighted by Crippen LogP contribution is 2.45. The minimum atomic E-state index is -0.679. The molecule has 6 rings (SSSR count). The number of nitrogens with two attached hydrogens (primary N) is 1. The minimum absolute atomic E-state index is 0.109. The quantitative estimate of drug-likeness (QED) is 0.377. The first-order valence-corrected chi connectivity index (χ1v) is 12.9. The van der Waals surface area contributed by atoms with Gasteiger partial charge in [-0.15, -0.1) is 0 Å². The normalized spacial score (nSPS) is 28.8. The molecule has 1 aromatic carbocycles. The van der Waals surface area contributed by atoms with E-state index >= 15 is 0 Å². The average molecular weight is 488 g/mol. The lowest BCUT2D eigenvalue weighted by atomic mass is 9.72. The molecule has 8 heteroatoms. The number of nitrogens with zero attached hydrogens (tertiary/aromatic N) is 4. The predicted octanol–water partition coefficient (Wildman–Crippen LogP) is 3.96. The van der Waals surface area contributed by atoms with Crippen LogP contribution in [0.4, 0.5) is 5.82 Å². The van der Waals surface area contributed by atoms with Crippen LogP contribution in [0.1, 0.15) is 70.5 Å². The largest absolute Gasteiger partial charge is 0.391 e. The second-order valence-corrected chi connectivity index (χ2v) is 11.2. The van der Waals surface area contributed by atoms with Gasteiger partial charge in [0, 0.05) is 35.5 Å². The summed E-state index contributed by atoms with van der Waals surface area (Å²) in [6, 6.07) is 7.74. The van der Waals surface area contributed by atoms with E-state index in [4.69, 9.17) is 10.7 Å². The predicted molar refractivity (Wildman–Crippen MR) is 140 cm³/mol. The van der Waals surface area contributed by atoms with Gasteiger partial charge in [0.15, 0.2) is 0 Å². The SMILES string of the molecule is CC1(O)CC(c2nc(-c3ccc4ccn([C@@]5(C)CCCCC[C@H]5O)c(=O)c4c3)c3c(N)nccn23)C1. The molecule has 0 spiro atoms. The average Bonchev–Trinajstić information content (AvgIpc) is 3.14. The van der Waals surface area contributed by atoms with Crippen LogP contribution in [0.15, 0.2) is 47.7 Å². The van der Waals surface area contributed by atoms with Gasteiger partial charge in [-0.1, -0.05) is 31.4 Å². The summed E-state index contributed by atoms with van der Waals surface area (Å²) in [6.45, 7) is 3.84. The van der Waals surface area contributed by atoms with Crippen molar-refractivity contribution in [2.75, 3.05) is 5.73 Å². The maximum absolute atomic E-state index is 13.8. The number of rotatable bonds is 3. The number of anilines is 1. The zero-order chi connectivity index (χ0) is 25.2. The number of aliphatic hydroxyl groups is 2. The van der Waals surface area contributed by atoms with Crippen LogP contribution in [0.25, 0.3) is 27.5 Å². The van der Waals surface area contributed by atoms with Gasteiger partial charge in [0.1, 0.15) is 22.9 Å². The molecule has 2 fully saturated rings. The Balaban J connectivity index is 1.51. The van der Waals surface area contributed by atoms with Crippen LogP contribution >= 0.6 is 0 Å².